The largest absolute Gasteiger partial charge is 0.468 e. The molecule has 1 aromatic rings. The molecule has 0 heterocycles. The molecule has 0 aliphatic heterocycles. The number of methoxy groups -OCH3 is 1. The second kappa shape index (κ2) is 6.83. The van der Waals surface area contributed by atoms with Crippen molar-refractivity contribution < 1.29 is 23.1 Å². The van der Waals surface area contributed by atoms with E-state index in [0.717, 1.165) is 4.31 Å². The van der Waals surface area contributed by atoms with Gasteiger partial charge in [0.25, 0.3) is 0 Å². The third-order valence-electron chi connectivity index (χ3n) is 2.89. The molecule has 7 heteroatoms. The lowest BCUT2D eigenvalue weighted by Gasteiger charge is -2.19. The lowest BCUT2D eigenvalue weighted by Crippen LogP contribution is -2.36. The van der Waals surface area contributed by atoms with Crippen LogP contribution < -0.4 is 0 Å². The van der Waals surface area contributed by atoms with Gasteiger partial charge >= 0.3 is 5.97 Å². The van der Waals surface area contributed by atoms with Crippen LogP contribution in [0.4, 0.5) is 0 Å². The van der Waals surface area contributed by atoms with E-state index in [9.17, 15) is 18.3 Å². The van der Waals surface area contributed by atoms with Crippen LogP contribution in [0.5, 0.6) is 0 Å². The summed E-state index contributed by atoms with van der Waals surface area (Å²) in [6.45, 7) is 3.08. The number of rotatable bonds is 6. The fourth-order valence-electron chi connectivity index (χ4n) is 1.64. The highest BCUT2D eigenvalue weighted by Gasteiger charge is 2.25. The summed E-state index contributed by atoms with van der Waals surface area (Å²) in [7, 11) is -2.54. The molecule has 0 saturated heterocycles. The van der Waals surface area contributed by atoms with Gasteiger partial charge in [0, 0.05) is 6.54 Å². The van der Waals surface area contributed by atoms with Crippen molar-refractivity contribution in [3.05, 3.63) is 29.8 Å². The normalized spacial score (nSPS) is 13.2. The molecule has 0 aromatic heterocycles. The maximum atomic E-state index is 12.4. The summed E-state index contributed by atoms with van der Waals surface area (Å²) in [5.74, 6) is -0.615. The van der Waals surface area contributed by atoms with Crippen LogP contribution in [0, 0.1) is 0 Å². The number of esters is 1. The molecule has 20 heavy (non-hydrogen) atoms. The van der Waals surface area contributed by atoms with Gasteiger partial charge in [0.1, 0.15) is 6.54 Å². The Kier molecular flexibility index (Phi) is 5.67. The summed E-state index contributed by atoms with van der Waals surface area (Å²) in [6.07, 6.45) is -0.663. The number of sulfonamides is 1. The third kappa shape index (κ3) is 3.78. The number of hydrogen-bond acceptors (Lipinski definition) is 5. The number of likely N-dealkylation sites (N-methyl/N-ethyl adjacent to an activating group) is 1. The first-order chi connectivity index (χ1) is 9.32. The molecule has 0 spiro atoms. The van der Waals surface area contributed by atoms with Gasteiger partial charge in [-0.05, 0) is 24.6 Å². The van der Waals surface area contributed by atoms with Gasteiger partial charge in [0.15, 0.2) is 0 Å². The van der Waals surface area contributed by atoms with E-state index in [1.54, 1.807) is 26.0 Å². The summed E-state index contributed by atoms with van der Waals surface area (Å²) in [5, 5.41) is 9.40. The van der Waals surface area contributed by atoms with Crippen LogP contribution in [0.2, 0.25) is 0 Å². The number of aliphatic hydroxyl groups excluding tert-OH is 1. The first kappa shape index (κ1) is 16.6. The highest BCUT2D eigenvalue weighted by atomic mass is 32.2. The van der Waals surface area contributed by atoms with E-state index < -0.39 is 22.1 Å². The zero-order valence-corrected chi connectivity index (χ0v) is 12.6. The summed E-state index contributed by atoms with van der Waals surface area (Å²) < 4.78 is 30.2. The van der Waals surface area contributed by atoms with E-state index in [2.05, 4.69) is 4.74 Å². The third-order valence-corrected chi connectivity index (χ3v) is 4.82. The van der Waals surface area contributed by atoms with Gasteiger partial charge < -0.3 is 9.84 Å². The predicted octanol–water partition coefficient (Wildman–Crippen LogP) is 0.923. The smallest absolute Gasteiger partial charge is 0.321 e. The minimum absolute atomic E-state index is 0.0765. The second-order valence-electron chi connectivity index (χ2n) is 4.25. The van der Waals surface area contributed by atoms with Crippen molar-refractivity contribution >= 4 is 16.0 Å². The molecule has 0 saturated carbocycles. The van der Waals surface area contributed by atoms with Crippen molar-refractivity contribution in [2.75, 3.05) is 20.2 Å². The molecular weight excluding hydrogens is 282 g/mol. The first-order valence-corrected chi connectivity index (χ1v) is 7.62. The summed E-state index contributed by atoms with van der Waals surface area (Å²) >= 11 is 0. The molecule has 1 atom stereocenters. The monoisotopic (exact) mass is 301 g/mol. The van der Waals surface area contributed by atoms with Crippen molar-refractivity contribution in [3.63, 3.8) is 0 Å². The average molecular weight is 301 g/mol. The number of nitrogens with zero attached hydrogens (tertiary/aromatic N) is 1. The van der Waals surface area contributed by atoms with Gasteiger partial charge in [0.05, 0.1) is 18.1 Å². The molecule has 0 amide bonds. The molecule has 1 unspecified atom stereocenters. The Morgan fingerprint density at radius 3 is 2.30 bits per heavy atom. The van der Waals surface area contributed by atoms with Crippen LogP contribution in [0.1, 0.15) is 25.5 Å². The van der Waals surface area contributed by atoms with Gasteiger partial charge in [-0.2, -0.15) is 4.31 Å². The Morgan fingerprint density at radius 2 is 1.90 bits per heavy atom. The van der Waals surface area contributed by atoms with Crippen molar-refractivity contribution in [3.8, 4) is 0 Å². The minimum Gasteiger partial charge on any atom is -0.468 e. The summed E-state index contributed by atoms with van der Waals surface area (Å²) in [4.78, 5) is 11.3. The number of carbonyl (C=O) groups excluding carboxylic acids is 1. The highest BCUT2D eigenvalue weighted by molar-refractivity contribution is 7.89. The maximum Gasteiger partial charge on any atom is 0.321 e. The van der Waals surface area contributed by atoms with E-state index in [4.69, 9.17) is 0 Å². The molecule has 1 N–H and O–H groups in total. The molecule has 0 aliphatic carbocycles. The number of aliphatic hydroxyl groups is 1. The number of ether oxygens (including phenoxy) is 1. The fraction of sp³-hybridized carbons (Fsp3) is 0.462. The Balaban J connectivity index is 3.04. The maximum absolute atomic E-state index is 12.4. The molecule has 1 aromatic carbocycles. The van der Waals surface area contributed by atoms with Crippen molar-refractivity contribution in [1.82, 2.24) is 4.31 Å². The van der Waals surface area contributed by atoms with Gasteiger partial charge in [-0.1, -0.05) is 19.1 Å². The van der Waals surface area contributed by atoms with Crippen molar-refractivity contribution in [2.24, 2.45) is 0 Å². The molecular formula is C13H19NO5S. The zero-order chi connectivity index (χ0) is 15.3. The average Bonchev–Trinajstić information content (AvgIpc) is 2.44. The van der Waals surface area contributed by atoms with Gasteiger partial charge in [-0.25, -0.2) is 8.42 Å². The standard InChI is InChI=1S/C13H19NO5S/c1-4-14(9-13(16)19-3)20(17,18)12-7-5-11(6-8-12)10(2)15/h5-8,10,15H,4,9H2,1-3H3. The number of benzene rings is 1. The van der Waals surface area contributed by atoms with Crippen LogP contribution in [0.15, 0.2) is 29.2 Å². The van der Waals surface area contributed by atoms with Gasteiger partial charge in [-0.3, -0.25) is 4.79 Å². The van der Waals surface area contributed by atoms with E-state index in [1.807, 2.05) is 0 Å². The van der Waals surface area contributed by atoms with Crippen LogP contribution in [-0.4, -0.2) is 44.0 Å². The minimum atomic E-state index is -3.75. The van der Waals surface area contributed by atoms with E-state index >= 15 is 0 Å². The van der Waals surface area contributed by atoms with Crippen molar-refractivity contribution in [1.29, 1.82) is 0 Å². The van der Waals surface area contributed by atoms with Crippen molar-refractivity contribution in [2.45, 2.75) is 24.8 Å². The number of carbonyl (C=O) groups is 1. The van der Waals surface area contributed by atoms with Crippen LogP contribution in [-0.2, 0) is 19.6 Å². The Morgan fingerprint density at radius 1 is 1.35 bits per heavy atom. The van der Waals surface area contributed by atoms with Gasteiger partial charge in [0.2, 0.25) is 10.0 Å². The Labute approximate surface area is 119 Å². The quantitative estimate of drug-likeness (QED) is 0.790. The molecule has 0 radical (unpaired) electrons. The topological polar surface area (TPSA) is 83.9 Å². The predicted molar refractivity (Wildman–Crippen MR) is 73.5 cm³/mol. The molecule has 1 rings (SSSR count). The summed E-state index contributed by atoms with van der Waals surface area (Å²) in [5.41, 5.74) is 0.625. The lowest BCUT2D eigenvalue weighted by molar-refractivity contribution is -0.140. The number of hydrogen-bond donors (Lipinski definition) is 1. The highest BCUT2D eigenvalue weighted by Crippen LogP contribution is 2.19. The first-order valence-electron chi connectivity index (χ1n) is 6.18. The molecule has 0 aliphatic rings. The lowest BCUT2D eigenvalue weighted by atomic mass is 10.1. The summed E-state index contributed by atoms with van der Waals surface area (Å²) in [6, 6.07) is 5.92. The molecule has 0 bridgehead atoms. The fourth-order valence-corrected chi connectivity index (χ4v) is 3.04. The van der Waals surface area contributed by atoms with Crippen LogP contribution in [0.3, 0.4) is 0 Å². The SMILES string of the molecule is CCN(CC(=O)OC)S(=O)(=O)c1ccc(C(C)O)cc1. The molecule has 0 fully saturated rings. The van der Waals surface area contributed by atoms with E-state index in [-0.39, 0.29) is 18.0 Å². The van der Waals surface area contributed by atoms with Crippen LogP contribution in [0.25, 0.3) is 0 Å². The second-order valence-corrected chi connectivity index (χ2v) is 6.19. The molecule has 112 valence electrons. The van der Waals surface area contributed by atoms with Gasteiger partial charge in [-0.15, -0.1) is 0 Å². The Bertz CT molecular complexity index is 551. The van der Waals surface area contributed by atoms with E-state index in [1.165, 1.54) is 19.2 Å². The van der Waals surface area contributed by atoms with E-state index in [0.29, 0.717) is 5.56 Å². The zero-order valence-electron chi connectivity index (χ0n) is 11.7. The van der Waals surface area contributed by atoms with Crippen LogP contribution >= 0.6 is 0 Å². The molecule has 6 nitrogen and oxygen atoms in total. The Hall–Kier alpha value is -1.44.